The van der Waals surface area contributed by atoms with E-state index in [2.05, 4.69) is 66.2 Å². The summed E-state index contributed by atoms with van der Waals surface area (Å²) in [6.45, 7) is 6.96. The minimum absolute atomic E-state index is 0.0330. The third-order valence-electron chi connectivity index (χ3n) is 17.7. The Bertz CT molecular complexity index is 4860. The predicted octanol–water partition coefficient (Wildman–Crippen LogP) is 3.79. The zero-order valence-corrected chi connectivity index (χ0v) is 67.6. The summed E-state index contributed by atoms with van der Waals surface area (Å²) in [6, 6.07) is 47.0. The molecular weight excluding hydrogens is 1460 g/mol. The molecule has 9 rings (SSSR count). The molecule has 25 nitrogen and oxygen atoms in total. The standard InChI is InChI=1S/C83H100N13O12P3/c1-94(2,3)46-39-85-78(97)60-106-73-33-27-63(28-34-73)21-24-66-49-69(88-81(52-66)109(10,100)101)56-91-42-43-92(57-70-50-67(53-82(89-70)110(102,103)76-17-13-11-14-18-76)25-22-64-29-35-74(36-30-64)107-61-79(98)86-40-47-95(4,5)6)59-72(55-84)93(45-44-91)58-71-51-68(54-83(90-71)111(104,105)77-19-15-12-16-20-77)26-23-65-31-37-75(38-32-65)108-62-80(99)87-41-48-96(7,8)9/h11-20,27-38,49-54,72H,39-48,55-62,84H2,1-10H3,(H3-3,85,86,87,97,98,99,100,101,102,103,104,105)/p+3. The van der Waals surface area contributed by atoms with E-state index >= 15 is 0 Å². The van der Waals surface area contributed by atoms with Crippen molar-refractivity contribution in [1.82, 2.24) is 45.6 Å². The summed E-state index contributed by atoms with van der Waals surface area (Å²) in [7, 11) is 5.76. The maximum Gasteiger partial charge on any atom is 0.276 e. The van der Waals surface area contributed by atoms with Gasteiger partial charge in [-0.3, -0.25) is 42.8 Å². The van der Waals surface area contributed by atoms with Crippen LogP contribution in [0.2, 0.25) is 0 Å². The third-order valence-corrected chi connectivity index (χ3v) is 22.5. The number of hydrogen-bond donors (Lipinski definition) is 7. The number of pyridine rings is 3. The van der Waals surface area contributed by atoms with Crippen LogP contribution >= 0.6 is 22.1 Å². The van der Waals surface area contributed by atoms with Gasteiger partial charge in [-0.25, -0.2) is 15.0 Å². The van der Waals surface area contributed by atoms with Gasteiger partial charge in [0, 0.05) is 116 Å². The molecule has 3 aromatic heterocycles. The van der Waals surface area contributed by atoms with E-state index in [-0.39, 0.29) is 90.6 Å². The lowest BCUT2D eigenvalue weighted by Gasteiger charge is -2.34. The van der Waals surface area contributed by atoms with Gasteiger partial charge in [0.25, 0.3) is 32.5 Å². The second-order valence-corrected chi connectivity index (χ2v) is 36.9. The quantitative estimate of drug-likeness (QED) is 0.0191. The topological polar surface area (TPSA) is 301 Å². The first kappa shape index (κ1) is 85.3. The number of amides is 3. The van der Waals surface area contributed by atoms with Gasteiger partial charge in [0.2, 0.25) is 7.37 Å². The van der Waals surface area contributed by atoms with Crippen LogP contribution in [0.5, 0.6) is 17.2 Å². The highest BCUT2D eigenvalue weighted by Gasteiger charge is 2.32. The molecule has 1 aliphatic heterocycles. The van der Waals surface area contributed by atoms with Gasteiger partial charge in [0.05, 0.1) is 120 Å². The first-order valence-electron chi connectivity index (χ1n) is 36.6. The Balaban J connectivity index is 1.05. The molecule has 0 saturated carbocycles. The van der Waals surface area contributed by atoms with Crippen molar-refractivity contribution in [3.8, 4) is 52.8 Å². The monoisotopic (exact) mass is 1570 g/mol. The molecule has 1 saturated heterocycles. The average Bonchev–Trinajstić information content (AvgIpc) is 1.33. The highest BCUT2D eigenvalue weighted by Crippen LogP contribution is 2.39. The van der Waals surface area contributed by atoms with Crippen LogP contribution in [0.15, 0.2) is 170 Å². The molecule has 0 radical (unpaired) electrons. The molecule has 8 N–H and O–H groups in total. The van der Waals surface area contributed by atoms with Crippen molar-refractivity contribution >= 4 is 66.7 Å². The number of likely N-dealkylation sites (N-methyl/N-ethyl adjacent to an activating group) is 3. The minimum atomic E-state index is -4.35. The smallest absolute Gasteiger partial charge is 0.276 e. The molecule has 1 aliphatic rings. The van der Waals surface area contributed by atoms with E-state index in [1.54, 1.807) is 152 Å². The number of nitrogens with one attached hydrogen (secondary N) is 3. The number of hydrogen-bond acceptors (Lipinski definition) is 16. The summed E-state index contributed by atoms with van der Waals surface area (Å²) >= 11 is 0. The van der Waals surface area contributed by atoms with Gasteiger partial charge >= 0.3 is 0 Å². The van der Waals surface area contributed by atoms with Crippen LogP contribution in [-0.2, 0) is 47.7 Å². The maximum atomic E-state index is 14.8. The number of rotatable bonds is 30. The molecule has 5 aromatic carbocycles. The normalized spacial score (nSPS) is 15.4. The number of nitrogens with zero attached hydrogens (tertiary/aromatic N) is 9. The predicted molar refractivity (Wildman–Crippen MR) is 434 cm³/mol. The molecule has 4 atom stereocenters. The van der Waals surface area contributed by atoms with Crippen molar-refractivity contribution in [2.24, 2.45) is 5.73 Å². The molecule has 4 unspecified atom stereocenters. The van der Waals surface area contributed by atoms with E-state index in [0.717, 1.165) is 19.6 Å². The van der Waals surface area contributed by atoms with Gasteiger partial charge < -0.3 is 64.0 Å². The summed E-state index contributed by atoms with van der Waals surface area (Å²) in [4.78, 5) is 94.2. The van der Waals surface area contributed by atoms with Crippen molar-refractivity contribution in [1.29, 1.82) is 0 Å². The number of ether oxygens (including phenoxy) is 3. The van der Waals surface area contributed by atoms with Gasteiger partial charge in [-0.2, -0.15) is 0 Å². The highest BCUT2D eigenvalue weighted by molar-refractivity contribution is 7.73. The lowest BCUT2D eigenvalue weighted by atomic mass is 10.1. The van der Waals surface area contributed by atoms with Crippen LogP contribution in [0.4, 0.5) is 0 Å². The largest absolute Gasteiger partial charge is 0.484 e. The second kappa shape index (κ2) is 39.0. The van der Waals surface area contributed by atoms with Crippen molar-refractivity contribution < 1.29 is 70.4 Å². The highest BCUT2D eigenvalue weighted by atomic mass is 31.2. The van der Waals surface area contributed by atoms with Crippen molar-refractivity contribution in [3.05, 3.63) is 220 Å². The van der Waals surface area contributed by atoms with Crippen molar-refractivity contribution in [2.75, 3.05) is 168 Å². The molecule has 0 aliphatic carbocycles. The second-order valence-electron chi connectivity index (χ2n) is 30.5. The molecule has 584 valence electrons. The Kier molecular flexibility index (Phi) is 30.0. The molecule has 111 heavy (non-hydrogen) atoms. The molecule has 8 aromatic rings. The van der Waals surface area contributed by atoms with Crippen LogP contribution in [0.25, 0.3) is 0 Å². The van der Waals surface area contributed by atoms with Gasteiger partial charge in [-0.15, -0.1) is 0 Å². The number of quaternary nitrogens is 3. The van der Waals surface area contributed by atoms with E-state index in [9.17, 15) is 42.8 Å². The molecule has 28 heteroatoms. The van der Waals surface area contributed by atoms with E-state index in [1.165, 1.54) is 24.9 Å². The lowest BCUT2D eigenvalue weighted by Crippen LogP contribution is -2.48. The number of aromatic nitrogens is 3. The minimum Gasteiger partial charge on any atom is -0.484 e. The number of carbonyl (C=O) groups is 3. The van der Waals surface area contributed by atoms with E-state index < -0.39 is 28.1 Å². The zero-order valence-electron chi connectivity index (χ0n) is 64.9. The fourth-order valence-electron chi connectivity index (χ4n) is 11.5. The van der Waals surface area contributed by atoms with Crippen LogP contribution in [0, 0.1) is 35.5 Å². The Morgan fingerprint density at radius 1 is 0.441 bits per heavy atom. The Labute approximate surface area is 652 Å². The first-order valence-corrected chi connectivity index (χ1v) is 42.0. The fourth-order valence-corrected chi connectivity index (χ4v) is 15.0. The lowest BCUT2D eigenvalue weighted by molar-refractivity contribution is -0.869. The Morgan fingerprint density at radius 3 is 1.11 bits per heavy atom. The van der Waals surface area contributed by atoms with Crippen LogP contribution < -0.4 is 62.8 Å². The van der Waals surface area contributed by atoms with Crippen molar-refractivity contribution in [3.63, 3.8) is 0 Å². The molecule has 3 amide bonds. The summed E-state index contributed by atoms with van der Waals surface area (Å²) in [5.74, 6) is 19.9. The Hall–Kier alpha value is -9.67. The molecule has 1 fully saturated rings. The van der Waals surface area contributed by atoms with Crippen LogP contribution in [-0.4, -0.2) is 250 Å². The van der Waals surface area contributed by atoms with E-state index in [0.29, 0.717) is 134 Å². The summed E-state index contributed by atoms with van der Waals surface area (Å²) in [5.41, 5.74) is 11.1. The number of carbonyl (C=O) groups excluding carboxylic acids is 3. The fraction of sp³-hybridized carbons (Fsp3) is 0.349. The summed E-state index contributed by atoms with van der Waals surface area (Å²) in [6.07, 6.45) is 0. The van der Waals surface area contributed by atoms with E-state index in [4.69, 9.17) is 34.9 Å². The number of benzene rings is 5. The summed E-state index contributed by atoms with van der Waals surface area (Å²) < 4.78 is 62.6. The van der Waals surface area contributed by atoms with Gasteiger partial charge in [0.15, 0.2) is 19.8 Å². The van der Waals surface area contributed by atoms with Crippen LogP contribution in [0.1, 0.15) is 50.5 Å². The molecule has 0 spiro atoms. The molecule has 4 heterocycles. The van der Waals surface area contributed by atoms with Gasteiger partial charge in [-0.1, -0.05) is 71.9 Å². The van der Waals surface area contributed by atoms with Crippen molar-refractivity contribution in [2.45, 2.75) is 25.7 Å². The molecular formula is C83H103N13O12P3+3. The molecule has 0 bridgehead atoms. The van der Waals surface area contributed by atoms with Gasteiger partial charge in [0.1, 0.15) is 33.6 Å². The summed E-state index contributed by atoms with van der Waals surface area (Å²) in [5, 5.41) is 9.01. The zero-order chi connectivity index (χ0) is 80.0. The maximum absolute atomic E-state index is 14.8. The first-order chi connectivity index (χ1) is 52.6. The van der Waals surface area contributed by atoms with E-state index in [1.807, 2.05) is 63.4 Å². The average molecular weight is 1570 g/mol. The van der Waals surface area contributed by atoms with Crippen LogP contribution in [0.3, 0.4) is 0 Å². The Morgan fingerprint density at radius 2 is 0.757 bits per heavy atom. The number of nitrogens with two attached hydrogens (primary N) is 1. The SMILES string of the molecule is C[N+](C)(C)CCNC(=O)COc1ccc(C#Cc2cc(CN3CCN(Cc4cc(C#Cc5ccc(OCC(=O)NCC[N+](C)(C)C)cc5)cc(P(=O)(O)c5ccccc5)n4)CC(CN)N(Cc4cc(C#Cc5ccc(OCC(=O)NCC[N+](C)(C)C)cc5)cc(P(=O)(O)c5ccccc5)n4)CC3)nc(P(C)(=O)O)c2)cc1. The van der Waals surface area contributed by atoms with Gasteiger partial charge in [-0.05, 0) is 133 Å². The third kappa shape index (κ3) is 28.2.